The van der Waals surface area contributed by atoms with Crippen molar-refractivity contribution in [3.05, 3.63) is 22.9 Å². The summed E-state index contributed by atoms with van der Waals surface area (Å²) in [5.41, 5.74) is 4.77. The molecule has 0 N–H and O–H groups in total. The summed E-state index contributed by atoms with van der Waals surface area (Å²) in [5, 5.41) is 0. The SMILES string of the molecule is CC1=CC2=C(CC1)N(C)CCC2. The molecule has 1 heteroatoms. The van der Waals surface area contributed by atoms with Gasteiger partial charge >= 0.3 is 0 Å². The lowest BCUT2D eigenvalue weighted by Gasteiger charge is -2.32. The smallest absolute Gasteiger partial charge is 0.0175 e. The summed E-state index contributed by atoms with van der Waals surface area (Å²) in [7, 11) is 2.23. The molecule has 0 bridgehead atoms. The predicted molar refractivity (Wildman–Crippen MR) is 51.9 cm³/mol. The molecule has 1 aliphatic heterocycles. The molecule has 0 aromatic carbocycles. The fourth-order valence-electron chi connectivity index (χ4n) is 2.22. The highest BCUT2D eigenvalue weighted by Gasteiger charge is 2.18. The van der Waals surface area contributed by atoms with Crippen molar-refractivity contribution >= 4 is 0 Å². The van der Waals surface area contributed by atoms with Crippen LogP contribution in [0.15, 0.2) is 22.9 Å². The molecular weight excluding hydrogens is 146 g/mol. The van der Waals surface area contributed by atoms with Gasteiger partial charge in [-0.25, -0.2) is 0 Å². The zero-order valence-electron chi connectivity index (χ0n) is 8.06. The Hall–Kier alpha value is -0.720. The summed E-state index contributed by atoms with van der Waals surface area (Å²) < 4.78 is 0. The maximum atomic E-state index is 2.43. The van der Waals surface area contributed by atoms with Crippen LogP contribution in [-0.2, 0) is 0 Å². The Kier molecular flexibility index (Phi) is 1.95. The Morgan fingerprint density at radius 3 is 2.92 bits per heavy atom. The fraction of sp³-hybridized carbons (Fsp3) is 0.636. The molecule has 2 rings (SSSR count). The molecule has 12 heavy (non-hydrogen) atoms. The second-order valence-electron chi connectivity index (χ2n) is 3.99. The van der Waals surface area contributed by atoms with E-state index in [-0.39, 0.29) is 0 Å². The summed E-state index contributed by atoms with van der Waals surface area (Å²) in [6.07, 6.45) is 7.57. The van der Waals surface area contributed by atoms with Gasteiger partial charge in [-0.2, -0.15) is 0 Å². The van der Waals surface area contributed by atoms with E-state index < -0.39 is 0 Å². The predicted octanol–water partition coefficient (Wildman–Crippen LogP) is 2.71. The van der Waals surface area contributed by atoms with Gasteiger partial charge in [0.2, 0.25) is 0 Å². The third kappa shape index (κ3) is 1.28. The number of rotatable bonds is 0. The van der Waals surface area contributed by atoms with Crippen molar-refractivity contribution in [2.24, 2.45) is 0 Å². The fourth-order valence-corrected chi connectivity index (χ4v) is 2.22. The maximum absolute atomic E-state index is 2.43. The van der Waals surface area contributed by atoms with Crippen LogP contribution >= 0.6 is 0 Å². The van der Waals surface area contributed by atoms with Crippen molar-refractivity contribution in [1.29, 1.82) is 0 Å². The molecule has 1 nitrogen and oxygen atoms in total. The van der Waals surface area contributed by atoms with Crippen LogP contribution in [0.3, 0.4) is 0 Å². The van der Waals surface area contributed by atoms with E-state index in [1.807, 2.05) is 0 Å². The van der Waals surface area contributed by atoms with Crippen molar-refractivity contribution < 1.29 is 0 Å². The molecule has 66 valence electrons. The lowest BCUT2D eigenvalue weighted by molar-refractivity contribution is 0.363. The molecule has 0 amide bonds. The second-order valence-corrected chi connectivity index (χ2v) is 3.99. The van der Waals surface area contributed by atoms with E-state index in [2.05, 4.69) is 24.9 Å². The third-order valence-corrected chi connectivity index (χ3v) is 2.95. The van der Waals surface area contributed by atoms with Crippen LogP contribution < -0.4 is 0 Å². The van der Waals surface area contributed by atoms with Crippen LogP contribution in [0.2, 0.25) is 0 Å². The van der Waals surface area contributed by atoms with Crippen molar-refractivity contribution in [1.82, 2.24) is 4.90 Å². The minimum Gasteiger partial charge on any atom is -0.378 e. The highest BCUT2D eigenvalue weighted by Crippen LogP contribution is 2.31. The molecular formula is C11H17N. The lowest BCUT2D eigenvalue weighted by atomic mass is 9.91. The number of hydrogen-bond acceptors (Lipinski definition) is 1. The summed E-state index contributed by atoms with van der Waals surface area (Å²) in [5.74, 6) is 0. The molecule has 1 heterocycles. The molecule has 0 aromatic rings. The van der Waals surface area contributed by atoms with Gasteiger partial charge in [-0.05, 0) is 38.2 Å². The van der Waals surface area contributed by atoms with Crippen molar-refractivity contribution in [3.63, 3.8) is 0 Å². The third-order valence-electron chi connectivity index (χ3n) is 2.95. The Labute approximate surface area is 74.8 Å². The van der Waals surface area contributed by atoms with E-state index in [1.165, 1.54) is 32.2 Å². The zero-order chi connectivity index (χ0) is 8.55. The molecule has 0 radical (unpaired) electrons. The first-order valence-corrected chi connectivity index (χ1v) is 4.88. The number of nitrogens with zero attached hydrogens (tertiary/aromatic N) is 1. The van der Waals surface area contributed by atoms with E-state index in [4.69, 9.17) is 0 Å². The Morgan fingerprint density at radius 2 is 2.08 bits per heavy atom. The van der Waals surface area contributed by atoms with Crippen LogP contribution in [0.1, 0.15) is 32.6 Å². The Bertz CT molecular complexity index is 248. The highest BCUT2D eigenvalue weighted by molar-refractivity contribution is 5.33. The summed E-state index contributed by atoms with van der Waals surface area (Å²) in [4.78, 5) is 2.43. The van der Waals surface area contributed by atoms with Crippen molar-refractivity contribution in [2.75, 3.05) is 13.6 Å². The second kappa shape index (κ2) is 2.96. The standard InChI is InChI=1S/C11H17N/c1-9-5-6-11-10(8-9)4-3-7-12(11)2/h8H,3-7H2,1-2H3. The maximum Gasteiger partial charge on any atom is 0.0175 e. The highest BCUT2D eigenvalue weighted by atomic mass is 15.1. The summed E-state index contributed by atoms with van der Waals surface area (Å²) in [6, 6.07) is 0. The largest absolute Gasteiger partial charge is 0.378 e. The first-order chi connectivity index (χ1) is 5.77. The van der Waals surface area contributed by atoms with E-state index in [9.17, 15) is 0 Å². The molecule has 0 spiro atoms. The van der Waals surface area contributed by atoms with Crippen LogP contribution in [-0.4, -0.2) is 18.5 Å². The first kappa shape index (κ1) is 7.90. The number of allylic oxidation sites excluding steroid dienone is 4. The summed E-state index contributed by atoms with van der Waals surface area (Å²) in [6.45, 7) is 3.50. The van der Waals surface area contributed by atoms with E-state index >= 15 is 0 Å². The van der Waals surface area contributed by atoms with E-state index in [0.717, 1.165) is 0 Å². The quantitative estimate of drug-likeness (QED) is 0.530. The molecule has 0 aromatic heterocycles. The minimum absolute atomic E-state index is 1.26. The van der Waals surface area contributed by atoms with E-state index in [0.29, 0.717) is 0 Å². The first-order valence-electron chi connectivity index (χ1n) is 4.88. The van der Waals surface area contributed by atoms with Gasteiger partial charge in [0.1, 0.15) is 0 Å². The molecule has 0 atom stereocenters. The van der Waals surface area contributed by atoms with Crippen LogP contribution in [0.5, 0.6) is 0 Å². The molecule has 0 unspecified atom stereocenters. The van der Waals surface area contributed by atoms with Crippen LogP contribution in [0.4, 0.5) is 0 Å². The van der Waals surface area contributed by atoms with Gasteiger partial charge in [-0.3, -0.25) is 0 Å². The molecule has 0 fully saturated rings. The van der Waals surface area contributed by atoms with Crippen LogP contribution in [0, 0.1) is 0 Å². The van der Waals surface area contributed by atoms with Gasteiger partial charge in [-0.15, -0.1) is 0 Å². The molecule has 0 saturated carbocycles. The monoisotopic (exact) mass is 163 g/mol. The topological polar surface area (TPSA) is 3.24 Å². The van der Waals surface area contributed by atoms with Gasteiger partial charge in [0.15, 0.2) is 0 Å². The van der Waals surface area contributed by atoms with Gasteiger partial charge in [0.25, 0.3) is 0 Å². The average Bonchev–Trinajstić information content (AvgIpc) is 2.04. The van der Waals surface area contributed by atoms with Crippen molar-refractivity contribution in [3.8, 4) is 0 Å². The van der Waals surface area contributed by atoms with Gasteiger partial charge in [-0.1, -0.05) is 11.6 Å². The minimum atomic E-state index is 1.26. The zero-order valence-corrected chi connectivity index (χ0v) is 8.06. The molecule has 1 aliphatic carbocycles. The lowest BCUT2D eigenvalue weighted by Crippen LogP contribution is -2.25. The van der Waals surface area contributed by atoms with Crippen molar-refractivity contribution in [2.45, 2.75) is 32.6 Å². The number of hydrogen-bond donors (Lipinski definition) is 0. The average molecular weight is 163 g/mol. The molecule has 0 saturated heterocycles. The normalized spacial score (nSPS) is 23.8. The van der Waals surface area contributed by atoms with E-state index in [1.54, 1.807) is 16.8 Å². The van der Waals surface area contributed by atoms with Crippen LogP contribution in [0.25, 0.3) is 0 Å². The van der Waals surface area contributed by atoms with Gasteiger partial charge < -0.3 is 4.90 Å². The molecule has 2 aliphatic rings. The Morgan fingerprint density at radius 1 is 1.25 bits per heavy atom. The van der Waals surface area contributed by atoms with Gasteiger partial charge in [0, 0.05) is 19.3 Å². The summed E-state index contributed by atoms with van der Waals surface area (Å²) >= 11 is 0. The Balaban J connectivity index is 2.30. The van der Waals surface area contributed by atoms with Gasteiger partial charge in [0.05, 0.1) is 0 Å².